The number of thioether (sulfide) groups is 1. The van der Waals surface area contributed by atoms with E-state index in [1.54, 1.807) is 0 Å². The Bertz CT molecular complexity index is 542. The van der Waals surface area contributed by atoms with Crippen molar-refractivity contribution in [2.24, 2.45) is 0 Å². The molecule has 0 saturated heterocycles. The van der Waals surface area contributed by atoms with Gasteiger partial charge < -0.3 is 10.4 Å². The number of nitrogens with one attached hydrogen (secondary N) is 1. The smallest absolute Gasteiger partial charge is 0.329 e. The predicted molar refractivity (Wildman–Crippen MR) is 83.6 cm³/mol. The molecule has 0 atom stereocenters. The van der Waals surface area contributed by atoms with Gasteiger partial charge in [0.05, 0.1) is 5.75 Å². The first kappa shape index (κ1) is 15.9. The van der Waals surface area contributed by atoms with Crippen LogP contribution >= 0.6 is 11.8 Å². The van der Waals surface area contributed by atoms with Crippen molar-refractivity contribution in [3.05, 3.63) is 29.8 Å². The second kappa shape index (κ2) is 5.72. The highest BCUT2D eigenvalue weighted by Gasteiger charge is 2.51. The number of carbonyl (C=O) groups is 2. The van der Waals surface area contributed by atoms with Crippen molar-refractivity contribution in [1.29, 1.82) is 0 Å². The van der Waals surface area contributed by atoms with E-state index in [0.717, 1.165) is 4.90 Å². The van der Waals surface area contributed by atoms with E-state index in [0.29, 0.717) is 12.8 Å². The molecule has 21 heavy (non-hydrogen) atoms. The Hall–Kier alpha value is -1.49. The molecule has 1 saturated carbocycles. The molecule has 4 nitrogen and oxygen atoms in total. The van der Waals surface area contributed by atoms with Crippen LogP contribution in [0, 0.1) is 0 Å². The summed E-state index contributed by atoms with van der Waals surface area (Å²) in [4.78, 5) is 23.8. The SMILES string of the molecule is CC(C)(C)c1ccc(SCC(=O)NC2(C(=O)O)CC2)cc1. The average molecular weight is 307 g/mol. The maximum Gasteiger partial charge on any atom is 0.329 e. The van der Waals surface area contributed by atoms with Gasteiger partial charge in [0.25, 0.3) is 0 Å². The van der Waals surface area contributed by atoms with E-state index in [4.69, 9.17) is 5.11 Å². The van der Waals surface area contributed by atoms with Crippen molar-refractivity contribution in [2.75, 3.05) is 5.75 Å². The van der Waals surface area contributed by atoms with E-state index in [9.17, 15) is 9.59 Å². The van der Waals surface area contributed by atoms with Crippen LogP contribution in [0.5, 0.6) is 0 Å². The summed E-state index contributed by atoms with van der Waals surface area (Å²) >= 11 is 1.42. The molecule has 5 heteroatoms. The summed E-state index contributed by atoms with van der Waals surface area (Å²) in [6, 6.07) is 8.14. The van der Waals surface area contributed by atoms with E-state index >= 15 is 0 Å². The van der Waals surface area contributed by atoms with Crippen LogP contribution in [0.15, 0.2) is 29.2 Å². The van der Waals surface area contributed by atoms with Crippen LogP contribution in [0.1, 0.15) is 39.2 Å². The Labute approximate surface area is 129 Å². The van der Waals surface area contributed by atoms with Crippen LogP contribution in [0.3, 0.4) is 0 Å². The van der Waals surface area contributed by atoms with Crippen LogP contribution in [0.2, 0.25) is 0 Å². The zero-order chi connectivity index (χ0) is 15.7. The van der Waals surface area contributed by atoms with Crippen molar-refractivity contribution < 1.29 is 14.7 Å². The first-order valence-corrected chi connectivity index (χ1v) is 7.99. The summed E-state index contributed by atoms with van der Waals surface area (Å²) in [7, 11) is 0. The quantitative estimate of drug-likeness (QED) is 0.821. The minimum Gasteiger partial charge on any atom is -0.480 e. The molecule has 1 amide bonds. The largest absolute Gasteiger partial charge is 0.480 e. The Kier molecular flexibility index (Phi) is 4.33. The molecule has 1 aliphatic rings. The molecule has 2 N–H and O–H groups in total. The lowest BCUT2D eigenvalue weighted by Gasteiger charge is -2.19. The van der Waals surface area contributed by atoms with Gasteiger partial charge in [0.1, 0.15) is 5.54 Å². The number of aliphatic carboxylic acids is 1. The highest BCUT2D eigenvalue weighted by atomic mass is 32.2. The number of benzene rings is 1. The number of hydrogen-bond donors (Lipinski definition) is 2. The van der Waals surface area contributed by atoms with Crippen molar-refractivity contribution >= 4 is 23.6 Å². The highest BCUT2D eigenvalue weighted by molar-refractivity contribution is 8.00. The van der Waals surface area contributed by atoms with E-state index in [1.807, 2.05) is 12.1 Å². The number of hydrogen-bond acceptors (Lipinski definition) is 3. The molecule has 2 rings (SSSR count). The Morgan fingerprint density at radius 3 is 2.24 bits per heavy atom. The van der Waals surface area contributed by atoms with Gasteiger partial charge in [0.2, 0.25) is 5.91 Å². The molecule has 1 aliphatic carbocycles. The molecule has 0 heterocycles. The molecule has 0 unspecified atom stereocenters. The number of carboxylic acids is 1. The zero-order valence-electron chi connectivity index (χ0n) is 12.6. The summed E-state index contributed by atoms with van der Waals surface area (Å²) in [5.41, 5.74) is 0.368. The lowest BCUT2D eigenvalue weighted by molar-refractivity contribution is -0.142. The zero-order valence-corrected chi connectivity index (χ0v) is 13.4. The first-order chi connectivity index (χ1) is 9.73. The summed E-state index contributed by atoms with van der Waals surface area (Å²) in [6.07, 6.45) is 1.05. The van der Waals surface area contributed by atoms with E-state index < -0.39 is 11.5 Å². The van der Waals surface area contributed by atoms with Crippen LogP contribution in [-0.4, -0.2) is 28.3 Å². The molecule has 114 valence electrons. The third-order valence-electron chi connectivity index (χ3n) is 3.63. The Balaban J connectivity index is 1.86. The van der Waals surface area contributed by atoms with Crippen molar-refractivity contribution in [1.82, 2.24) is 5.32 Å². The molecule has 0 radical (unpaired) electrons. The third-order valence-corrected chi connectivity index (χ3v) is 4.64. The minimum absolute atomic E-state index is 0.112. The molecule has 1 aromatic carbocycles. The van der Waals surface area contributed by atoms with Gasteiger partial charge in [-0.3, -0.25) is 4.79 Å². The molecule has 1 aromatic rings. The van der Waals surface area contributed by atoms with Crippen molar-refractivity contribution in [3.8, 4) is 0 Å². The van der Waals surface area contributed by atoms with Crippen LogP contribution < -0.4 is 5.32 Å². The summed E-state index contributed by atoms with van der Waals surface area (Å²) in [6.45, 7) is 6.47. The third kappa shape index (κ3) is 4.00. The monoisotopic (exact) mass is 307 g/mol. The van der Waals surface area contributed by atoms with Crippen molar-refractivity contribution in [3.63, 3.8) is 0 Å². The van der Waals surface area contributed by atoms with Crippen LogP contribution in [0.25, 0.3) is 0 Å². The van der Waals surface area contributed by atoms with E-state index in [-0.39, 0.29) is 17.1 Å². The maximum atomic E-state index is 11.8. The van der Waals surface area contributed by atoms with Gasteiger partial charge in [-0.1, -0.05) is 32.9 Å². The van der Waals surface area contributed by atoms with Gasteiger partial charge in [-0.2, -0.15) is 0 Å². The second-order valence-corrected chi connectivity index (χ2v) is 7.55. The summed E-state index contributed by atoms with van der Waals surface area (Å²) in [5.74, 6) is -0.917. The first-order valence-electron chi connectivity index (χ1n) is 7.01. The van der Waals surface area contributed by atoms with Gasteiger partial charge in [-0.25, -0.2) is 4.79 Å². The average Bonchev–Trinajstić information content (AvgIpc) is 3.17. The highest BCUT2D eigenvalue weighted by Crippen LogP contribution is 2.35. The van der Waals surface area contributed by atoms with Gasteiger partial charge >= 0.3 is 5.97 Å². The second-order valence-electron chi connectivity index (χ2n) is 6.50. The van der Waals surface area contributed by atoms with Gasteiger partial charge in [0, 0.05) is 4.90 Å². The van der Waals surface area contributed by atoms with Crippen LogP contribution in [-0.2, 0) is 15.0 Å². The fourth-order valence-corrected chi connectivity index (χ4v) is 2.72. The van der Waals surface area contributed by atoms with E-state index in [1.165, 1.54) is 17.3 Å². The number of rotatable bonds is 5. The Morgan fingerprint density at radius 1 is 1.24 bits per heavy atom. The van der Waals surface area contributed by atoms with Crippen molar-refractivity contribution in [2.45, 2.75) is 49.5 Å². The van der Waals surface area contributed by atoms with Gasteiger partial charge in [-0.15, -0.1) is 11.8 Å². The molecule has 0 bridgehead atoms. The molecule has 0 aliphatic heterocycles. The standard InChI is InChI=1S/C16H21NO3S/c1-15(2,3)11-4-6-12(7-5-11)21-10-13(18)17-16(8-9-16)14(19)20/h4-7H,8-10H2,1-3H3,(H,17,18)(H,19,20). The summed E-state index contributed by atoms with van der Waals surface area (Å²) < 4.78 is 0. The predicted octanol–water partition coefficient (Wildman–Crippen LogP) is 2.81. The van der Waals surface area contributed by atoms with E-state index in [2.05, 4.69) is 38.2 Å². The molecule has 1 fully saturated rings. The van der Waals surface area contributed by atoms with Crippen LogP contribution in [0.4, 0.5) is 0 Å². The fraction of sp³-hybridized carbons (Fsp3) is 0.500. The summed E-state index contributed by atoms with van der Waals surface area (Å²) in [5, 5.41) is 11.6. The minimum atomic E-state index is -0.992. The Morgan fingerprint density at radius 2 is 1.81 bits per heavy atom. The lowest BCUT2D eigenvalue weighted by atomic mass is 9.87. The normalized spacial score (nSPS) is 16.3. The number of carbonyl (C=O) groups excluding carboxylic acids is 1. The maximum absolute atomic E-state index is 11.8. The molecular formula is C16H21NO3S. The topological polar surface area (TPSA) is 66.4 Å². The molecular weight excluding hydrogens is 286 g/mol. The molecule has 0 aromatic heterocycles. The van der Waals surface area contributed by atoms with Gasteiger partial charge in [-0.05, 0) is 36.0 Å². The fourth-order valence-electron chi connectivity index (χ4n) is 2.02. The lowest BCUT2D eigenvalue weighted by Crippen LogP contribution is -2.43. The molecule has 0 spiro atoms. The van der Waals surface area contributed by atoms with Gasteiger partial charge in [0.15, 0.2) is 0 Å². The number of carboxylic acid groups (broad SMARTS) is 1. The number of amides is 1.